The number of nitrogens with two attached hydrogens (primary N) is 1. The smallest absolute Gasteiger partial charge is 0.144 e. The number of hydrogen-bond donors (Lipinski definition) is 2. The molecule has 0 radical (unpaired) electrons. The predicted octanol–water partition coefficient (Wildman–Crippen LogP) is 3.13. The molecule has 1 rings (SSSR count). The number of rotatable bonds is 6. The van der Waals surface area contributed by atoms with E-state index in [1.54, 1.807) is 0 Å². The van der Waals surface area contributed by atoms with Crippen molar-refractivity contribution in [1.82, 2.24) is 0 Å². The van der Waals surface area contributed by atoms with Crippen molar-refractivity contribution in [3.05, 3.63) is 18.2 Å². The zero-order valence-corrected chi connectivity index (χ0v) is 10.4. The van der Waals surface area contributed by atoms with Gasteiger partial charge in [0, 0.05) is 6.54 Å². The highest BCUT2D eigenvalue weighted by Crippen LogP contribution is 2.29. The lowest BCUT2D eigenvalue weighted by Gasteiger charge is -2.15. The standard InChI is InChI=1S/C13H22N2O/c1-4-10(3)9-15-11-7-6-8-12(13(11)14)16-5-2/h6-8,10,15H,4-5,9,14H2,1-3H3. The number of hydrogen-bond acceptors (Lipinski definition) is 3. The molecule has 0 spiro atoms. The lowest BCUT2D eigenvalue weighted by molar-refractivity contribution is 0.342. The molecule has 3 heteroatoms. The van der Waals surface area contributed by atoms with E-state index in [1.165, 1.54) is 0 Å². The monoisotopic (exact) mass is 222 g/mol. The van der Waals surface area contributed by atoms with Crippen LogP contribution in [0.1, 0.15) is 27.2 Å². The van der Waals surface area contributed by atoms with Crippen LogP contribution in [0.25, 0.3) is 0 Å². The average Bonchev–Trinajstić information content (AvgIpc) is 2.30. The zero-order valence-electron chi connectivity index (χ0n) is 10.4. The molecule has 1 atom stereocenters. The number of ether oxygens (including phenoxy) is 1. The van der Waals surface area contributed by atoms with Crippen molar-refractivity contribution in [2.75, 3.05) is 24.2 Å². The van der Waals surface area contributed by atoms with Crippen LogP contribution in [0.4, 0.5) is 11.4 Å². The van der Waals surface area contributed by atoms with Gasteiger partial charge in [-0.15, -0.1) is 0 Å². The minimum atomic E-state index is 0.638. The summed E-state index contributed by atoms with van der Waals surface area (Å²) in [4.78, 5) is 0. The first-order chi connectivity index (χ1) is 7.69. The van der Waals surface area contributed by atoms with Crippen molar-refractivity contribution in [2.45, 2.75) is 27.2 Å². The third-order valence-electron chi connectivity index (χ3n) is 2.70. The maximum absolute atomic E-state index is 6.01. The molecule has 0 aliphatic heterocycles. The molecule has 0 saturated heterocycles. The van der Waals surface area contributed by atoms with Gasteiger partial charge in [0.25, 0.3) is 0 Å². The van der Waals surface area contributed by atoms with Gasteiger partial charge in [0.05, 0.1) is 18.0 Å². The highest BCUT2D eigenvalue weighted by molar-refractivity contribution is 5.72. The van der Waals surface area contributed by atoms with Gasteiger partial charge in [-0.1, -0.05) is 26.3 Å². The first-order valence-corrected chi connectivity index (χ1v) is 5.94. The topological polar surface area (TPSA) is 47.3 Å². The van der Waals surface area contributed by atoms with Crippen LogP contribution in [0.15, 0.2) is 18.2 Å². The Morgan fingerprint density at radius 3 is 2.75 bits per heavy atom. The average molecular weight is 222 g/mol. The third kappa shape index (κ3) is 3.33. The maximum Gasteiger partial charge on any atom is 0.144 e. The van der Waals surface area contributed by atoms with Crippen LogP contribution in [0.3, 0.4) is 0 Å². The lowest BCUT2D eigenvalue weighted by atomic mass is 10.1. The lowest BCUT2D eigenvalue weighted by Crippen LogP contribution is -2.12. The number of nitrogens with one attached hydrogen (secondary N) is 1. The normalized spacial score (nSPS) is 12.2. The Morgan fingerprint density at radius 2 is 2.12 bits per heavy atom. The van der Waals surface area contributed by atoms with Gasteiger partial charge in [-0.25, -0.2) is 0 Å². The van der Waals surface area contributed by atoms with Gasteiger partial charge in [0.2, 0.25) is 0 Å². The second-order valence-electron chi connectivity index (χ2n) is 4.04. The summed E-state index contributed by atoms with van der Waals surface area (Å²) in [5, 5.41) is 3.36. The Kier molecular flexibility index (Phi) is 4.96. The molecular weight excluding hydrogens is 200 g/mol. The highest BCUT2D eigenvalue weighted by atomic mass is 16.5. The summed E-state index contributed by atoms with van der Waals surface area (Å²) >= 11 is 0. The summed E-state index contributed by atoms with van der Waals surface area (Å²) in [5.41, 5.74) is 7.68. The number of para-hydroxylation sites is 1. The Bertz CT molecular complexity index is 326. The molecule has 3 N–H and O–H groups in total. The van der Waals surface area contributed by atoms with Crippen molar-refractivity contribution in [1.29, 1.82) is 0 Å². The molecule has 1 aromatic rings. The van der Waals surface area contributed by atoms with Crippen LogP contribution in [0, 0.1) is 5.92 Å². The molecule has 0 aromatic heterocycles. The minimum Gasteiger partial charge on any atom is -0.492 e. The van der Waals surface area contributed by atoms with Crippen LogP contribution >= 0.6 is 0 Å². The number of benzene rings is 1. The Labute approximate surface area is 98.0 Å². The first kappa shape index (κ1) is 12.7. The summed E-state index contributed by atoms with van der Waals surface area (Å²) in [6, 6.07) is 5.84. The van der Waals surface area contributed by atoms with Gasteiger partial charge in [-0.3, -0.25) is 0 Å². The van der Waals surface area contributed by atoms with E-state index in [4.69, 9.17) is 10.5 Å². The molecule has 90 valence electrons. The van der Waals surface area contributed by atoms with Gasteiger partial charge < -0.3 is 15.8 Å². The molecule has 3 nitrogen and oxygen atoms in total. The molecule has 1 unspecified atom stereocenters. The Hall–Kier alpha value is -1.38. The minimum absolute atomic E-state index is 0.638. The molecule has 0 fully saturated rings. The Balaban J connectivity index is 2.69. The fourth-order valence-corrected chi connectivity index (χ4v) is 1.41. The highest BCUT2D eigenvalue weighted by Gasteiger charge is 2.06. The summed E-state index contributed by atoms with van der Waals surface area (Å²) in [5.74, 6) is 1.41. The largest absolute Gasteiger partial charge is 0.492 e. The van der Waals surface area contributed by atoms with Gasteiger partial charge >= 0.3 is 0 Å². The molecule has 0 heterocycles. The van der Waals surface area contributed by atoms with E-state index in [9.17, 15) is 0 Å². The third-order valence-corrected chi connectivity index (χ3v) is 2.70. The second kappa shape index (κ2) is 6.26. The van der Waals surface area contributed by atoms with E-state index in [-0.39, 0.29) is 0 Å². The quantitative estimate of drug-likeness (QED) is 0.727. The van der Waals surface area contributed by atoms with Gasteiger partial charge in [-0.05, 0) is 25.0 Å². The van der Waals surface area contributed by atoms with Crippen LogP contribution in [-0.4, -0.2) is 13.2 Å². The fraction of sp³-hybridized carbons (Fsp3) is 0.538. The summed E-state index contributed by atoms with van der Waals surface area (Å²) in [6.45, 7) is 7.94. The number of anilines is 2. The summed E-state index contributed by atoms with van der Waals surface area (Å²) in [7, 11) is 0. The summed E-state index contributed by atoms with van der Waals surface area (Å²) < 4.78 is 5.45. The van der Waals surface area contributed by atoms with Gasteiger partial charge in [0.15, 0.2) is 0 Å². The summed E-state index contributed by atoms with van der Waals surface area (Å²) in [6.07, 6.45) is 1.16. The zero-order chi connectivity index (χ0) is 12.0. The molecule has 0 bridgehead atoms. The second-order valence-corrected chi connectivity index (χ2v) is 4.04. The maximum atomic E-state index is 6.01. The van der Waals surface area contributed by atoms with Gasteiger partial charge in [-0.2, -0.15) is 0 Å². The van der Waals surface area contributed by atoms with Crippen LogP contribution in [0.2, 0.25) is 0 Å². The molecule has 0 saturated carbocycles. The van der Waals surface area contributed by atoms with Crippen molar-refractivity contribution in [2.24, 2.45) is 5.92 Å². The van der Waals surface area contributed by atoms with Crippen LogP contribution < -0.4 is 15.8 Å². The van der Waals surface area contributed by atoms with E-state index < -0.39 is 0 Å². The van der Waals surface area contributed by atoms with Crippen molar-refractivity contribution in [3.63, 3.8) is 0 Å². The molecule has 1 aromatic carbocycles. The first-order valence-electron chi connectivity index (χ1n) is 5.94. The molecule has 0 aliphatic carbocycles. The van der Waals surface area contributed by atoms with Crippen molar-refractivity contribution >= 4 is 11.4 Å². The van der Waals surface area contributed by atoms with Gasteiger partial charge in [0.1, 0.15) is 5.75 Å². The molecule has 16 heavy (non-hydrogen) atoms. The fourth-order valence-electron chi connectivity index (χ4n) is 1.41. The van der Waals surface area contributed by atoms with Crippen molar-refractivity contribution < 1.29 is 4.74 Å². The predicted molar refractivity (Wildman–Crippen MR) is 70.0 cm³/mol. The van der Waals surface area contributed by atoms with E-state index in [0.29, 0.717) is 18.2 Å². The van der Waals surface area contributed by atoms with E-state index in [1.807, 2.05) is 25.1 Å². The van der Waals surface area contributed by atoms with E-state index >= 15 is 0 Å². The van der Waals surface area contributed by atoms with E-state index in [2.05, 4.69) is 19.2 Å². The molecular formula is C13H22N2O. The van der Waals surface area contributed by atoms with Crippen LogP contribution in [0.5, 0.6) is 5.75 Å². The van der Waals surface area contributed by atoms with E-state index in [0.717, 1.165) is 24.4 Å². The Morgan fingerprint density at radius 1 is 1.38 bits per heavy atom. The van der Waals surface area contributed by atoms with Crippen LogP contribution in [-0.2, 0) is 0 Å². The molecule has 0 amide bonds. The SMILES string of the molecule is CCOc1cccc(NCC(C)CC)c1N. The molecule has 0 aliphatic rings. The number of nitrogen functional groups attached to an aromatic ring is 1. The van der Waals surface area contributed by atoms with Crippen molar-refractivity contribution in [3.8, 4) is 5.75 Å².